The normalized spacial score (nSPS) is 16.9. The molecule has 1 saturated heterocycles. The summed E-state index contributed by atoms with van der Waals surface area (Å²) in [5, 5.41) is 22.3. The third-order valence-corrected chi connectivity index (χ3v) is 7.12. The van der Waals surface area contributed by atoms with Gasteiger partial charge in [0.2, 0.25) is 5.91 Å². The van der Waals surface area contributed by atoms with Crippen molar-refractivity contribution in [2.45, 2.75) is 38.0 Å². The molecule has 2 aliphatic rings. The molecule has 0 saturated carbocycles. The molecule has 3 heterocycles. The Bertz CT molecular complexity index is 1680. The average Bonchev–Trinajstić information content (AvgIpc) is 3.56. The molecular weight excluding hydrogens is 551 g/mol. The lowest BCUT2D eigenvalue weighted by molar-refractivity contribution is -0.192. The number of aryl methyl sites for hydroxylation is 1. The van der Waals surface area contributed by atoms with E-state index < -0.39 is 12.1 Å². The van der Waals surface area contributed by atoms with Crippen LogP contribution in [-0.2, 0) is 22.6 Å². The van der Waals surface area contributed by atoms with Gasteiger partial charge < -0.3 is 24.6 Å². The fourth-order valence-corrected chi connectivity index (χ4v) is 5.05. The number of carboxylic acid groups (broad SMARTS) is 1. The minimum atomic E-state index is -5.08. The summed E-state index contributed by atoms with van der Waals surface area (Å²) in [6.45, 7) is 2.08. The second kappa shape index (κ2) is 11.9. The van der Waals surface area contributed by atoms with E-state index in [1.807, 2.05) is 66.0 Å². The molecule has 9 nitrogen and oxygen atoms in total. The number of carbonyl (C=O) groups excluding carboxylic acids is 1. The number of anilines is 1. The van der Waals surface area contributed by atoms with Crippen LogP contribution in [0.5, 0.6) is 11.5 Å². The molecule has 0 radical (unpaired) electrons. The van der Waals surface area contributed by atoms with Gasteiger partial charge >= 0.3 is 12.1 Å². The van der Waals surface area contributed by atoms with Gasteiger partial charge in [0, 0.05) is 30.4 Å². The van der Waals surface area contributed by atoms with Crippen molar-refractivity contribution < 1.29 is 32.6 Å². The van der Waals surface area contributed by atoms with Gasteiger partial charge in [0.05, 0.1) is 23.6 Å². The van der Waals surface area contributed by atoms with Crippen molar-refractivity contribution >= 4 is 28.3 Å². The van der Waals surface area contributed by atoms with E-state index in [2.05, 4.69) is 20.9 Å². The molecule has 3 aromatic carbocycles. The van der Waals surface area contributed by atoms with Gasteiger partial charge in [-0.2, -0.15) is 18.4 Å². The Balaban J connectivity index is 0.000000451. The topological polar surface area (TPSA) is 120 Å². The van der Waals surface area contributed by atoms with Crippen LogP contribution in [0, 0.1) is 11.3 Å². The van der Waals surface area contributed by atoms with Crippen molar-refractivity contribution in [2.24, 2.45) is 0 Å². The number of hydrogen-bond donors (Lipinski definition) is 2. The van der Waals surface area contributed by atoms with E-state index >= 15 is 0 Å². The first-order valence-electron chi connectivity index (χ1n) is 13.2. The molecule has 216 valence electrons. The molecule has 6 rings (SSSR count). The Kier molecular flexibility index (Phi) is 8.13. The lowest BCUT2D eigenvalue weighted by Crippen LogP contribution is -2.39. The minimum absolute atomic E-state index is 0.106. The molecule has 1 aromatic heterocycles. The number of benzene rings is 3. The lowest BCUT2D eigenvalue weighted by atomic mass is 10.1. The molecule has 0 spiro atoms. The van der Waals surface area contributed by atoms with Crippen LogP contribution in [0.3, 0.4) is 0 Å². The molecular formula is C30H26F3N5O4. The van der Waals surface area contributed by atoms with E-state index in [9.17, 15) is 23.2 Å². The molecule has 1 amide bonds. The van der Waals surface area contributed by atoms with Crippen LogP contribution in [-0.4, -0.2) is 51.8 Å². The molecule has 1 atom stereocenters. The first kappa shape index (κ1) is 28.6. The molecule has 1 fully saturated rings. The van der Waals surface area contributed by atoms with E-state index in [0.717, 1.165) is 53.5 Å². The monoisotopic (exact) mass is 577 g/mol. The highest BCUT2D eigenvalue weighted by Gasteiger charge is 2.38. The molecule has 0 aliphatic carbocycles. The summed E-state index contributed by atoms with van der Waals surface area (Å²) in [5.41, 5.74) is 3.54. The lowest BCUT2D eigenvalue weighted by Gasteiger charge is -2.20. The van der Waals surface area contributed by atoms with E-state index in [1.165, 1.54) is 0 Å². The predicted molar refractivity (Wildman–Crippen MR) is 147 cm³/mol. The molecule has 12 heteroatoms. The minimum Gasteiger partial charge on any atom is -0.475 e. The summed E-state index contributed by atoms with van der Waals surface area (Å²) in [6.07, 6.45) is 1.20. The van der Waals surface area contributed by atoms with E-state index in [1.54, 1.807) is 6.07 Å². The Morgan fingerprint density at radius 1 is 1.17 bits per heavy atom. The summed E-state index contributed by atoms with van der Waals surface area (Å²) in [5.74, 6) is -1.50. The second-order valence-corrected chi connectivity index (χ2v) is 9.91. The quantitative estimate of drug-likeness (QED) is 0.301. The van der Waals surface area contributed by atoms with Gasteiger partial charge in [0.1, 0.15) is 17.6 Å². The number of nitriles is 1. The number of halogens is 3. The fraction of sp³-hybridized carbons (Fsp3) is 0.267. The highest BCUT2D eigenvalue weighted by molar-refractivity contribution is 6.07. The molecule has 1 unspecified atom stereocenters. The van der Waals surface area contributed by atoms with Crippen LogP contribution in [0.15, 0.2) is 67.1 Å². The summed E-state index contributed by atoms with van der Waals surface area (Å²) in [4.78, 5) is 28.4. The molecule has 2 aliphatic heterocycles. The number of carboxylic acids is 1. The summed E-state index contributed by atoms with van der Waals surface area (Å²) < 4.78 is 40.1. The van der Waals surface area contributed by atoms with Crippen LogP contribution in [0.25, 0.3) is 10.8 Å². The van der Waals surface area contributed by atoms with Gasteiger partial charge in [0.25, 0.3) is 0 Å². The standard InChI is InChI=1S/C28H25N5O2.C2HF3O2/c29-15-21-7-6-19-13-27(21)35-23-9-8-20-3-1-5-26(24(20)14-23)33-12-10-25(28(33)34)31-11-2-4-22-16-30-18-32(22)17-19;3-2(4,5)1(6)7/h1,3,5-9,13-14,16,18,25,31H,2,4,10-12,17H2;(H,6,7). The fourth-order valence-electron chi connectivity index (χ4n) is 5.05. The van der Waals surface area contributed by atoms with Crippen LogP contribution >= 0.6 is 0 Å². The number of nitrogens with zero attached hydrogens (tertiary/aromatic N) is 4. The number of rotatable bonds is 0. The number of carbonyl (C=O) groups is 2. The number of ether oxygens (including phenoxy) is 1. The number of aromatic nitrogens is 2. The van der Waals surface area contributed by atoms with E-state index in [4.69, 9.17) is 14.6 Å². The summed E-state index contributed by atoms with van der Waals surface area (Å²) >= 11 is 0. The highest BCUT2D eigenvalue weighted by Crippen LogP contribution is 2.35. The van der Waals surface area contributed by atoms with Crippen LogP contribution in [0.1, 0.15) is 29.7 Å². The van der Waals surface area contributed by atoms with E-state index in [-0.39, 0.29) is 11.9 Å². The maximum Gasteiger partial charge on any atom is 0.490 e. The SMILES string of the molecule is N#Cc1ccc2cc1Oc1ccc3cccc(c3c1)N1CCC(NCCCc3cncn3C2)C1=O.O=C(O)C(F)(F)F. The molecule has 6 bridgehead atoms. The molecule has 2 N–H and O–H groups in total. The zero-order chi connectivity index (χ0) is 29.9. The zero-order valence-electron chi connectivity index (χ0n) is 22.3. The van der Waals surface area contributed by atoms with Crippen molar-refractivity contribution in [2.75, 3.05) is 18.0 Å². The van der Waals surface area contributed by atoms with Crippen molar-refractivity contribution in [3.8, 4) is 17.6 Å². The maximum absolute atomic E-state index is 13.3. The number of alkyl halides is 3. The van der Waals surface area contributed by atoms with Crippen LogP contribution in [0.4, 0.5) is 18.9 Å². The van der Waals surface area contributed by atoms with E-state index in [0.29, 0.717) is 30.2 Å². The third kappa shape index (κ3) is 6.21. The molecule has 42 heavy (non-hydrogen) atoms. The first-order valence-corrected chi connectivity index (χ1v) is 13.2. The zero-order valence-corrected chi connectivity index (χ0v) is 22.3. The molecule has 4 aromatic rings. The summed E-state index contributed by atoms with van der Waals surface area (Å²) in [6, 6.07) is 19.6. The van der Waals surface area contributed by atoms with Gasteiger partial charge in [-0.3, -0.25) is 4.79 Å². The number of fused-ring (bicyclic) bond motifs is 7. The van der Waals surface area contributed by atoms with Crippen molar-refractivity contribution in [1.82, 2.24) is 14.9 Å². The maximum atomic E-state index is 13.3. The number of aliphatic carboxylic acids is 1. The smallest absolute Gasteiger partial charge is 0.475 e. The third-order valence-electron chi connectivity index (χ3n) is 7.12. The Morgan fingerprint density at radius 3 is 2.74 bits per heavy atom. The Hall–Kier alpha value is -4.89. The average molecular weight is 578 g/mol. The van der Waals surface area contributed by atoms with Gasteiger partial charge in [-0.05, 0) is 67.1 Å². The number of hydrogen-bond acceptors (Lipinski definition) is 6. The van der Waals surface area contributed by atoms with Crippen LogP contribution in [0.2, 0.25) is 0 Å². The Labute approximate surface area is 238 Å². The van der Waals surface area contributed by atoms with Gasteiger partial charge in [0.15, 0.2) is 0 Å². The largest absolute Gasteiger partial charge is 0.490 e. The van der Waals surface area contributed by atoms with Crippen molar-refractivity contribution in [3.63, 3.8) is 0 Å². The van der Waals surface area contributed by atoms with Crippen molar-refractivity contribution in [3.05, 3.63) is 83.9 Å². The second-order valence-electron chi connectivity index (χ2n) is 9.91. The highest BCUT2D eigenvalue weighted by atomic mass is 19.4. The van der Waals surface area contributed by atoms with Crippen molar-refractivity contribution in [1.29, 1.82) is 5.26 Å². The number of imidazole rings is 1. The number of nitrogens with one attached hydrogen (secondary N) is 1. The first-order chi connectivity index (χ1) is 20.1. The number of amides is 1. The Morgan fingerprint density at radius 2 is 1.98 bits per heavy atom. The van der Waals surface area contributed by atoms with Crippen LogP contribution < -0.4 is 15.0 Å². The predicted octanol–water partition coefficient (Wildman–Crippen LogP) is 5.02. The van der Waals surface area contributed by atoms with Gasteiger partial charge in [-0.15, -0.1) is 0 Å². The summed E-state index contributed by atoms with van der Waals surface area (Å²) in [7, 11) is 0. The van der Waals surface area contributed by atoms with Gasteiger partial charge in [-0.1, -0.05) is 24.3 Å². The van der Waals surface area contributed by atoms with Gasteiger partial charge in [-0.25, -0.2) is 9.78 Å².